The normalized spacial score (nSPS) is 19.5. The molecule has 1 aliphatic carbocycles. The summed E-state index contributed by atoms with van der Waals surface area (Å²) in [7, 11) is -2.99. The van der Waals surface area contributed by atoms with Crippen LogP contribution in [0.2, 0.25) is 0 Å². The predicted molar refractivity (Wildman–Crippen MR) is 73.5 cm³/mol. The standard InChI is InChI=1S/C12H22N4O2S/c1-19(17,18)8-7-10(13)12-14-11(15-16-12)9-5-3-2-4-6-9/h9-10H,2-8,13H2,1H3,(H,14,15,16). The summed E-state index contributed by atoms with van der Waals surface area (Å²) in [6.45, 7) is 0. The highest BCUT2D eigenvalue weighted by Crippen LogP contribution is 2.30. The first-order chi connectivity index (χ1) is 8.96. The second kappa shape index (κ2) is 6.00. The van der Waals surface area contributed by atoms with Crippen LogP contribution in [0.25, 0.3) is 0 Å². The van der Waals surface area contributed by atoms with Crippen LogP contribution in [-0.2, 0) is 9.84 Å². The van der Waals surface area contributed by atoms with Gasteiger partial charge in [0.25, 0.3) is 0 Å². The van der Waals surface area contributed by atoms with Gasteiger partial charge in [-0.3, -0.25) is 5.10 Å². The van der Waals surface area contributed by atoms with Crippen molar-refractivity contribution in [2.45, 2.75) is 50.5 Å². The number of H-pyrrole nitrogens is 1. The summed E-state index contributed by atoms with van der Waals surface area (Å²) in [4.78, 5) is 4.45. The van der Waals surface area contributed by atoms with Crippen LogP contribution in [-0.4, -0.2) is 35.6 Å². The van der Waals surface area contributed by atoms with E-state index in [9.17, 15) is 8.42 Å². The average molecular weight is 286 g/mol. The third kappa shape index (κ3) is 4.28. The zero-order chi connectivity index (χ0) is 13.9. The van der Waals surface area contributed by atoms with Crippen LogP contribution < -0.4 is 5.73 Å². The quantitative estimate of drug-likeness (QED) is 0.849. The minimum Gasteiger partial charge on any atom is -0.321 e. The van der Waals surface area contributed by atoms with E-state index in [2.05, 4.69) is 15.2 Å². The number of rotatable bonds is 5. The van der Waals surface area contributed by atoms with E-state index >= 15 is 0 Å². The zero-order valence-electron chi connectivity index (χ0n) is 11.3. The van der Waals surface area contributed by atoms with Gasteiger partial charge in [-0.1, -0.05) is 19.3 Å². The van der Waals surface area contributed by atoms with Gasteiger partial charge in [0.2, 0.25) is 0 Å². The summed E-state index contributed by atoms with van der Waals surface area (Å²) in [6, 6.07) is -0.414. The third-order valence-corrected chi connectivity index (χ3v) is 4.62. The van der Waals surface area contributed by atoms with Crippen molar-refractivity contribution >= 4 is 9.84 Å². The molecule has 0 saturated heterocycles. The number of hydrogen-bond acceptors (Lipinski definition) is 5. The smallest absolute Gasteiger partial charge is 0.167 e. The van der Waals surface area contributed by atoms with E-state index in [1.165, 1.54) is 25.5 Å². The van der Waals surface area contributed by atoms with Crippen molar-refractivity contribution in [3.63, 3.8) is 0 Å². The van der Waals surface area contributed by atoms with E-state index in [1.54, 1.807) is 0 Å². The fraction of sp³-hybridized carbons (Fsp3) is 0.833. The molecule has 0 aliphatic heterocycles. The molecule has 1 aromatic heterocycles. The van der Waals surface area contributed by atoms with Gasteiger partial charge in [0, 0.05) is 12.2 Å². The number of hydrogen-bond donors (Lipinski definition) is 2. The van der Waals surface area contributed by atoms with E-state index in [0.717, 1.165) is 18.7 Å². The molecule has 6 nitrogen and oxygen atoms in total. The Balaban J connectivity index is 1.95. The Morgan fingerprint density at radius 1 is 1.37 bits per heavy atom. The Hall–Kier alpha value is -0.950. The molecule has 3 N–H and O–H groups in total. The molecule has 1 heterocycles. The molecule has 1 aliphatic rings. The second-order valence-corrected chi connectivity index (χ2v) is 7.70. The van der Waals surface area contributed by atoms with Crippen molar-refractivity contribution in [3.8, 4) is 0 Å². The van der Waals surface area contributed by atoms with Gasteiger partial charge >= 0.3 is 0 Å². The van der Waals surface area contributed by atoms with E-state index < -0.39 is 15.9 Å². The molecule has 7 heteroatoms. The summed E-state index contributed by atoms with van der Waals surface area (Å²) in [6.07, 6.45) is 7.64. The van der Waals surface area contributed by atoms with E-state index in [-0.39, 0.29) is 5.75 Å². The highest BCUT2D eigenvalue weighted by molar-refractivity contribution is 7.90. The van der Waals surface area contributed by atoms with Crippen molar-refractivity contribution in [1.29, 1.82) is 0 Å². The number of nitrogens with one attached hydrogen (secondary N) is 1. The zero-order valence-corrected chi connectivity index (χ0v) is 12.1. The van der Waals surface area contributed by atoms with Crippen LogP contribution in [0.1, 0.15) is 62.1 Å². The molecule has 1 atom stereocenters. The maximum atomic E-state index is 11.1. The summed E-state index contributed by atoms with van der Waals surface area (Å²) in [5.74, 6) is 1.97. The first kappa shape index (κ1) is 14.5. The molecule has 108 valence electrons. The Morgan fingerprint density at radius 2 is 2.05 bits per heavy atom. The van der Waals surface area contributed by atoms with E-state index in [4.69, 9.17) is 5.73 Å². The molecule has 0 bridgehead atoms. The third-order valence-electron chi connectivity index (χ3n) is 3.64. The van der Waals surface area contributed by atoms with Crippen molar-refractivity contribution in [1.82, 2.24) is 15.2 Å². The molecule has 0 spiro atoms. The van der Waals surface area contributed by atoms with Crippen LogP contribution >= 0.6 is 0 Å². The highest BCUT2D eigenvalue weighted by atomic mass is 32.2. The van der Waals surface area contributed by atoms with E-state index in [0.29, 0.717) is 18.2 Å². The Bertz CT molecular complexity index is 506. The Labute approximate surface area is 114 Å². The number of sulfone groups is 1. The van der Waals surface area contributed by atoms with Gasteiger partial charge in [0.1, 0.15) is 15.7 Å². The Morgan fingerprint density at radius 3 is 2.68 bits per heavy atom. The van der Waals surface area contributed by atoms with Crippen molar-refractivity contribution in [2.75, 3.05) is 12.0 Å². The molecule has 1 fully saturated rings. The van der Waals surface area contributed by atoms with Crippen LogP contribution in [0, 0.1) is 0 Å². The fourth-order valence-electron chi connectivity index (χ4n) is 2.48. The minimum absolute atomic E-state index is 0.0709. The van der Waals surface area contributed by atoms with Gasteiger partial charge in [-0.05, 0) is 19.3 Å². The van der Waals surface area contributed by atoms with Gasteiger partial charge in [-0.2, -0.15) is 5.10 Å². The molecule has 19 heavy (non-hydrogen) atoms. The average Bonchev–Trinajstić information content (AvgIpc) is 2.86. The lowest BCUT2D eigenvalue weighted by Crippen LogP contribution is -2.17. The highest BCUT2D eigenvalue weighted by Gasteiger charge is 2.21. The molecular weight excluding hydrogens is 264 g/mol. The van der Waals surface area contributed by atoms with E-state index in [1.807, 2.05) is 0 Å². The first-order valence-electron chi connectivity index (χ1n) is 6.81. The van der Waals surface area contributed by atoms with Gasteiger partial charge in [0.15, 0.2) is 5.82 Å². The molecular formula is C12H22N4O2S. The minimum atomic E-state index is -2.99. The van der Waals surface area contributed by atoms with Gasteiger partial charge in [-0.15, -0.1) is 0 Å². The Kier molecular flexibility index (Phi) is 4.57. The number of aromatic amines is 1. The largest absolute Gasteiger partial charge is 0.321 e. The molecule has 0 amide bonds. The van der Waals surface area contributed by atoms with Gasteiger partial charge in [-0.25, -0.2) is 13.4 Å². The topological polar surface area (TPSA) is 102 Å². The lowest BCUT2D eigenvalue weighted by atomic mass is 9.89. The molecule has 1 saturated carbocycles. The maximum Gasteiger partial charge on any atom is 0.167 e. The molecule has 1 unspecified atom stereocenters. The molecule has 2 rings (SSSR count). The van der Waals surface area contributed by atoms with Gasteiger partial charge < -0.3 is 5.73 Å². The maximum absolute atomic E-state index is 11.1. The number of nitrogens with zero attached hydrogens (tertiary/aromatic N) is 2. The summed E-state index contributed by atoms with van der Waals surface area (Å²) < 4.78 is 22.2. The number of aromatic nitrogens is 3. The van der Waals surface area contributed by atoms with Crippen LogP contribution in [0.15, 0.2) is 0 Å². The summed E-state index contributed by atoms with van der Waals surface area (Å²) in [5, 5.41) is 7.10. The SMILES string of the molecule is CS(=O)(=O)CCC(N)c1n[nH]c(C2CCCCC2)n1. The molecule has 0 aromatic carbocycles. The summed E-state index contributed by atoms with van der Waals surface area (Å²) >= 11 is 0. The van der Waals surface area contributed by atoms with Crippen molar-refractivity contribution in [3.05, 3.63) is 11.6 Å². The predicted octanol–water partition coefficient (Wildman–Crippen LogP) is 1.29. The van der Waals surface area contributed by atoms with Crippen LogP contribution in [0.4, 0.5) is 0 Å². The van der Waals surface area contributed by atoms with Crippen molar-refractivity contribution < 1.29 is 8.42 Å². The first-order valence-corrected chi connectivity index (χ1v) is 8.87. The number of nitrogens with two attached hydrogens (primary N) is 1. The lowest BCUT2D eigenvalue weighted by molar-refractivity contribution is 0.429. The van der Waals surface area contributed by atoms with Crippen LogP contribution in [0.3, 0.4) is 0 Å². The molecule has 1 aromatic rings. The van der Waals surface area contributed by atoms with Crippen molar-refractivity contribution in [2.24, 2.45) is 5.73 Å². The molecule has 0 radical (unpaired) electrons. The monoisotopic (exact) mass is 286 g/mol. The van der Waals surface area contributed by atoms with Crippen LogP contribution in [0.5, 0.6) is 0 Å². The summed E-state index contributed by atoms with van der Waals surface area (Å²) in [5.41, 5.74) is 5.94. The lowest BCUT2D eigenvalue weighted by Gasteiger charge is -2.18. The van der Waals surface area contributed by atoms with Gasteiger partial charge in [0.05, 0.1) is 11.8 Å². The second-order valence-electron chi connectivity index (χ2n) is 5.44. The fourth-order valence-corrected chi connectivity index (χ4v) is 3.16.